The molecule has 0 saturated carbocycles. The Bertz CT molecular complexity index is 731. The van der Waals surface area contributed by atoms with Crippen LogP contribution in [0, 0.1) is 27.9 Å². The number of carbonyl (C=O) groups is 1. The number of hydrogen-bond acceptors (Lipinski definition) is 5. The Hall–Kier alpha value is -2.15. The molecular formula is C21H30N4O3. The highest BCUT2D eigenvalue weighted by Gasteiger charge is 2.32. The molecule has 152 valence electrons. The number of hydrogen-bond donors (Lipinski definition) is 1. The topological polar surface area (TPSA) is 78.7 Å². The van der Waals surface area contributed by atoms with E-state index in [0.717, 1.165) is 65.0 Å². The van der Waals surface area contributed by atoms with Crippen LogP contribution in [-0.4, -0.2) is 55.0 Å². The summed E-state index contributed by atoms with van der Waals surface area (Å²) in [4.78, 5) is 28.4. The van der Waals surface area contributed by atoms with Gasteiger partial charge < -0.3 is 15.1 Å². The maximum absolute atomic E-state index is 13.1. The lowest BCUT2D eigenvalue weighted by Crippen LogP contribution is -2.34. The van der Waals surface area contributed by atoms with E-state index in [2.05, 4.69) is 17.1 Å². The predicted octanol–water partition coefficient (Wildman–Crippen LogP) is 2.90. The number of nitro benzene ring substituents is 1. The number of benzene rings is 1. The van der Waals surface area contributed by atoms with Crippen molar-refractivity contribution in [2.24, 2.45) is 17.8 Å². The van der Waals surface area contributed by atoms with E-state index in [0.29, 0.717) is 29.0 Å². The van der Waals surface area contributed by atoms with Gasteiger partial charge in [0.15, 0.2) is 0 Å². The van der Waals surface area contributed by atoms with E-state index in [4.69, 9.17) is 0 Å². The lowest BCUT2D eigenvalue weighted by Gasteiger charge is -2.31. The fourth-order valence-corrected chi connectivity index (χ4v) is 4.92. The van der Waals surface area contributed by atoms with Gasteiger partial charge in [-0.15, -0.1) is 0 Å². The summed E-state index contributed by atoms with van der Waals surface area (Å²) in [6.07, 6.45) is 4.11. The monoisotopic (exact) mass is 386 g/mol. The van der Waals surface area contributed by atoms with Crippen molar-refractivity contribution in [2.75, 3.05) is 44.2 Å². The molecule has 1 aromatic rings. The number of fused-ring (bicyclic) bond motifs is 1. The second-order valence-corrected chi connectivity index (χ2v) is 8.68. The first-order chi connectivity index (χ1) is 13.5. The van der Waals surface area contributed by atoms with Crippen LogP contribution in [-0.2, 0) is 0 Å². The minimum atomic E-state index is -0.345. The van der Waals surface area contributed by atoms with Crippen molar-refractivity contribution in [3.8, 4) is 0 Å². The molecule has 1 N–H and O–H groups in total. The third-order valence-electron chi connectivity index (χ3n) is 6.85. The average Bonchev–Trinajstić information content (AvgIpc) is 3.06. The summed E-state index contributed by atoms with van der Waals surface area (Å²) in [5, 5.41) is 15.2. The number of anilines is 1. The molecule has 0 aromatic heterocycles. The first-order valence-electron chi connectivity index (χ1n) is 10.6. The molecule has 0 unspecified atom stereocenters. The number of nitrogens with zero attached hydrogens (tertiary/aromatic N) is 3. The summed E-state index contributed by atoms with van der Waals surface area (Å²) in [7, 11) is 0. The lowest BCUT2D eigenvalue weighted by molar-refractivity contribution is -0.384. The average molecular weight is 386 g/mol. The van der Waals surface area contributed by atoms with Gasteiger partial charge in [-0.2, -0.15) is 0 Å². The number of piperidine rings is 1. The van der Waals surface area contributed by atoms with Gasteiger partial charge in [-0.05, 0) is 68.7 Å². The highest BCUT2D eigenvalue weighted by molar-refractivity contribution is 5.95. The molecule has 1 aromatic carbocycles. The molecular weight excluding hydrogens is 356 g/mol. The third-order valence-corrected chi connectivity index (χ3v) is 6.85. The first-order valence-corrected chi connectivity index (χ1v) is 10.6. The van der Waals surface area contributed by atoms with E-state index in [1.165, 1.54) is 6.07 Å². The SMILES string of the molecule is CC1CCN(c2ccc(C(=O)N3CC[C@@H]4CNC[C@@H]4CC3)cc2[N+](=O)[O-])CC1. The molecule has 28 heavy (non-hydrogen) atoms. The van der Waals surface area contributed by atoms with Crippen molar-refractivity contribution in [1.82, 2.24) is 10.2 Å². The zero-order valence-electron chi connectivity index (χ0n) is 16.6. The van der Waals surface area contributed by atoms with Crippen LogP contribution in [0.15, 0.2) is 18.2 Å². The molecule has 0 radical (unpaired) electrons. The normalized spacial score (nSPS) is 26.0. The number of rotatable bonds is 3. The van der Waals surface area contributed by atoms with Gasteiger partial charge in [-0.1, -0.05) is 6.92 Å². The minimum absolute atomic E-state index is 0.0521. The Balaban J connectivity index is 1.52. The van der Waals surface area contributed by atoms with E-state index in [1.807, 2.05) is 4.90 Å². The molecule has 3 aliphatic rings. The van der Waals surface area contributed by atoms with Crippen LogP contribution < -0.4 is 10.2 Å². The van der Waals surface area contributed by atoms with E-state index >= 15 is 0 Å². The van der Waals surface area contributed by atoms with Crippen molar-refractivity contribution < 1.29 is 9.72 Å². The van der Waals surface area contributed by atoms with Crippen LogP contribution in [0.3, 0.4) is 0 Å². The molecule has 3 aliphatic heterocycles. The smallest absolute Gasteiger partial charge is 0.293 e. The van der Waals surface area contributed by atoms with Crippen LogP contribution >= 0.6 is 0 Å². The van der Waals surface area contributed by atoms with E-state index in [9.17, 15) is 14.9 Å². The second kappa shape index (κ2) is 8.07. The summed E-state index contributed by atoms with van der Waals surface area (Å²) in [5.74, 6) is 1.88. The zero-order valence-corrected chi connectivity index (χ0v) is 16.6. The largest absolute Gasteiger partial charge is 0.366 e. The van der Waals surface area contributed by atoms with Gasteiger partial charge in [-0.25, -0.2) is 0 Å². The Morgan fingerprint density at radius 2 is 1.71 bits per heavy atom. The Labute approximate surface area is 166 Å². The molecule has 7 heteroatoms. The summed E-state index contributed by atoms with van der Waals surface area (Å²) < 4.78 is 0. The molecule has 0 spiro atoms. The van der Waals surface area contributed by atoms with Gasteiger partial charge in [0.25, 0.3) is 11.6 Å². The standard InChI is InChI=1S/C21H30N4O3/c1-15-4-8-23(9-5-15)19-3-2-16(12-20(19)25(27)28)21(26)24-10-6-17-13-22-14-18(17)7-11-24/h2-3,12,15,17-18,22H,4-11,13-14H2,1H3/t17-,18+. The summed E-state index contributed by atoms with van der Waals surface area (Å²) in [6, 6.07) is 5.04. The molecule has 2 atom stereocenters. The van der Waals surface area contributed by atoms with Crippen LogP contribution in [0.25, 0.3) is 0 Å². The molecule has 4 rings (SSSR count). The van der Waals surface area contributed by atoms with Crippen molar-refractivity contribution in [3.05, 3.63) is 33.9 Å². The number of carbonyl (C=O) groups excluding carboxylic acids is 1. The van der Waals surface area contributed by atoms with Gasteiger partial charge in [0.1, 0.15) is 5.69 Å². The molecule has 3 fully saturated rings. The summed E-state index contributed by atoms with van der Waals surface area (Å²) in [5.41, 5.74) is 1.13. The lowest BCUT2D eigenvalue weighted by atomic mass is 9.92. The molecule has 3 heterocycles. The van der Waals surface area contributed by atoms with Crippen LogP contribution in [0.4, 0.5) is 11.4 Å². The molecule has 1 amide bonds. The maximum atomic E-state index is 13.1. The number of nitro groups is 1. The predicted molar refractivity (Wildman–Crippen MR) is 109 cm³/mol. The van der Waals surface area contributed by atoms with Crippen LogP contribution in [0.1, 0.15) is 43.0 Å². The maximum Gasteiger partial charge on any atom is 0.293 e. The Kier molecular flexibility index (Phi) is 5.53. The Morgan fingerprint density at radius 3 is 2.32 bits per heavy atom. The summed E-state index contributed by atoms with van der Waals surface area (Å²) >= 11 is 0. The van der Waals surface area contributed by atoms with E-state index < -0.39 is 0 Å². The molecule has 3 saturated heterocycles. The number of amides is 1. The summed E-state index contributed by atoms with van der Waals surface area (Å²) in [6.45, 7) is 7.44. The van der Waals surface area contributed by atoms with Crippen molar-refractivity contribution >= 4 is 17.3 Å². The van der Waals surface area contributed by atoms with E-state index in [-0.39, 0.29) is 16.5 Å². The van der Waals surface area contributed by atoms with Gasteiger partial charge in [0, 0.05) is 37.8 Å². The Morgan fingerprint density at radius 1 is 1.07 bits per heavy atom. The van der Waals surface area contributed by atoms with Crippen LogP contribution in [0.5, 0.6) is 0 Å². The fraction of sp³-hybridized carbons (Fsp3) is 0.667. The van der Waals surface area contributed by atoms with Crippen molar-refractivity contribution in [1.29, 1.82) is 0 Å². The highest BCUT2D eigenvalue weighted by Crippen LogP contribution is 2.33. The van der Waals surface area contributed by atoms with Gasteiger partial charge in [0.05, 0.1) is 4.92 Å². The second-order valence-electron chi connectivity index (χ2n) is 8.68. The third kappa shape index (κ3) is 3.85. The van der Waals surface area contributed by atoms with Gasteiger partial charge >= 0.3 is 0 Å². The zero-order chi connectivity index (χ0) is 19.7. The molecule has 7 nitrogen and oxygen atoms in total. The van der Waals surface area contributed by atoms with Crippen molar-refractivity contribution in [3.63, 3.8) is 0 Å². The number of likely N-dealkylation sites (tertiary alicyclic amines) is 1. The van der Waals surface area contributed by atoms with Gasteiger partial charge in [-0.3, -0.25) is 14.9 Å². The highest BCUT2D eigenvalue weighted by atomic mass is 16.6. The fourth-order valence-electron chi connectivity index (χ4n) is 4.92. The van der Waals surface area contributed by atoms with Crippen LogP contribution in [0.2, 0.25) is 0 Å². The molecule has 0 bridgehead atoms. The first kappa shape index (κ1) is 19.2. The number of nitrogens with one attached hydrogen (secondary N) is 1. The van der Waals surface area contributed by atoms with Crippen molar-refractivity contribution in [2.45, 2.75) is 32.6 Å². The molecule has 0 aliphatic carbocycles. The quantitative estimate of drug-likeness (QED) is 0.638. The van der Waals surface area contributed by atoms with Gasteiger partial charge in [0.2, 0.25) is 0 Å². The minimum Gasteiger partial charge on any atom is -0.366 e. The van der Waals surface area contributed by atoms with E-state index in [1.54, 1.807) is 12.1 Å².